The molecule has 0 amide bonds. The standard InChI is InChI=1S/C9H14N4O3.C2H6/c10-7-1-2-13(9(15)12-7)8-4-11-3-6(5-14)16-8;1-2/h1-2,6,8,11,14H,3-5H2,(H2,10,12,15);1-2H3. The van der Waals surface area contributed by atoms with Gasteiger partial charge < -0.3 is 20.9 Å². The van der Waals surface area contributed by atoms with E-state index in [1.54, 1.807) is 0 Å². The van der Waals surface area contributed by atoms with Gasteiger partial charge >= 0.3 is 5.69 Å². The maximum Gasteiger partial charge on any atom is 0.351 e. The van der Waals surface area contributed by atoms with Gasteiger partial charge in [0, 0.05) is 19.3 Å². The molecule has 0 saturated carbocycles. The number of rotatable bonds is 2. The van der Waals surface area contributed by atoms with Crippen LogP contribution >= 0.6 is 0 Å². The molecule has 1 aliphatic heterocycles. The summed E-state index contributed by atoms with van der Waals surface area (Å²) in [7, 11) is 0. The fourth-order valence-electron chi connectivity index (χ4n) is 1.60. The SMILES string of the molecule is CC.Nc1ccn(C2CNCC(CO)O2)c(=O)n1. The second kappa shape index (κ2) is 7.10. The van der Waals surface area contributed by atoms with Crippen LogP contribution in [-0.4, -0.2) is 40.5 Å². The van der Waals surface area contributed by atoms with Crippen molar-refractivity contribution in [2.75, 3.05) is 25.4 Å². The Morgan fingerprint density at radius 2 is 2.33 bits per heavy atom. The minimum Gasteiger partial charge on any atom is -0.394 e. The van der Waals surface area contributed by atoms with Crippen LogP contribution in [0.5, 0.6) is 0 Å². The quantitative estimate of drug-likeness (QED) is 0.648. The van der Waals surface area contributed by atoms with Crippen LogP contribution in [0.15, 0.2) is 17.1 Å². The second-order valence-electron chi connectivity index (χ2n) is 3.60. The number of hydrogen-bond donors (Lipinski definition) is 3. The number of aliphatic hydroxyl groups excluding tert-OH is 1. The maximum atomic E-state index is 11.5. The van der Waals surface area contributed by atoms with Crippen LogP contribution in [0.25, 0.3) is 0 Å². The van der Waals surface area contributed by atoms with Crippen molar-refractivity contribution in [3.05, 3.63) is 22.7 Å². The molecule has 0 bridgehead atoms. The first-order valence-electron chi connectivity index (χ1n) is 6.02. The number of anilines is 1. The topological polar surface area (TPSA) is 102 Å². The molecule has 0 spiro atoms. The van der Waals surface area contributed by atoms with Crippen molar-refractivity contribution in [3.8, 4) is 0 Å². The zero-order valence-electron chi connectivity index (χ0n) is 10.7. The maximum absolute atomic E-state index is 11.5. The van der Waals surface area contributed by atoms with Gasteiger partial charge in [-0.25, -0.2) is 4.79 Å². The van der Waals surface area contributed by atoms with Gasteiger partial charge in [-0.15, -0.1) is 0 Å². The Balaban J connectivity index is 0.000000771. The lowest BCUT2D eigenvalue weighted by atomic mass is 10.3. The molecule has 102 valence electrons. The first-order valence-corrected chi connectivity index (χ1v) is 6.02. The number of ether oxygens (including phenoxy) is 1. The van der Waals surface area contributed by atoms with Gasteiger partial charge in [0.25, 0.3) is 0 Å². The third-order valence-electron chi connectivity index (χ3n) is 2.41. The summed E-state index contributed by atoms with van der Waals surface area (Å²) in [4.78, 5) is 15.2. The average molecular weight is 256 g/mol. The Morgan fingerprint density at radius 3 is 2.94 bits per heavy atom. The van der Waals surface area contributed by atoms with Crippen LogP contribution < -0.4 is 16.7 Å². The van der Waals surface area contributed by atoms with Crippen LogP contribution in [0.4, 0.5) is 5.82 Å². The molecule has 2 rings (SSSR count). The van der Waals surface area contributed by atoms with Gasteiger partial charge in [0.1, 0.15) is 5.82 Å². The minimum atomic E-state index is -0.453. The number of nitrogens with two attached hydrogens (primary N) is 1. The van der Waals surface area contributed by atoms with Crippen LogP contribution in [0.3, 0.4) is 0 Å². The van der Waals surface area contributed by atoms with Gasteiger partial charge in [0.05, 0.1) is 12.7 Å². The first kappa shape index (κ1) is 14.6. The van der Waals surface area contributed by atoms with Crippen molar-refractivity contribution in [1.82, 2.24) is 14.9 Å². The molecule has 2 atom stereocenters. The summed E-state index contributed by atoms with van der Waals surface area (Å²) in [6.07, 6.45) is 0.784. The fraction of sp³-hybridized carbons (Fsp3) is 0.636. The summed E-state index contributed by atoms with van der Waals surface area (Å²) in [5, 5.41) is 12.1. The smallest absolute Gasteiger partial charge is 0.351 e. The molecule has 0 aliphatic carbocycles. The molecule has 7 heteroatoms. The van der Waals surface area contributed by atoms with Gasteiger partial charge in [0.15, 0.2) is 6.23 Å². The number of nitrogens with one attached hydrogen (secondary N) is 1. The Hall–Kier alpha value is -1.44. The second-order valence-corrected chi connectivity index (χ2v) is 3.60. The molecule has 7 nitrogen and oxygen atoms in total. The summed E-state index contributed by atoms with van der Waals surface area (Å²) in [6.45, 7) is 4.99. The van der Waals surface area contributed by atoms with E-state index in [1.165, 1.54) is 16.8 Å². The van der Waals surface area contributed by atoms with E-state index in [9.17, 15) is 4.79 Å². The molecule has 1 fully saturated rings. The highest BCUT2D eigenvalue weighted by Crippen LogP contribution is 2.12. The zero-order chi connectivity index (χ0) is 13.5. The van der Waals surface area contributed by atoms with E-state index in [0.717, 1.165) is 0 Å². The zero-order valence-corrected chi connectivity index (χ0v) is 10.7. The van der Waals surface area contributed by atoms with E-state index in [-0.39, 0.29) is 18.5 Å². The first-order chi connectivity index (χ1) is 8.70. The average Bonchev–Trinajstić information content (AvgIpc) is 2.41. The fourth-order valence-corrected chi connectivity index (χ4v) is 1.60. The highest BCUT2D eigenvalue weighted by atomic mass is 16.5. The van der Waals surface area contributed by atoms with Crippen LogP contribution in [0, 0.1) is 0 Å². The van der Waals surface area contributed by atoms with Crippen molar-refractivity contribution < 1.29 is 9.84 Å². The van der Waals surface area contributed by atoms with E-state index in [4.69, 9.17) is 15.6 Å². The van der Waals surface area contributed by atoms with Crippen molar-refractivity contribution in [1.29, 1.82) is 0 Å². The molecule has 18 heavy (non-hydrogen) atoms. The largest absolute Gasteiger partial charge is 0.394 e. The third kappa shape index (κ3) is 3.52. The van der Waals surface area contributed by atoms with Gasteiger partial charge in [-0.3, -0.25) is 4.57 Å². The Kier molecular flexibility index (Phi) is 5.76. The molecule has 1 aliphatic rings. The predicted molar refractivity (Wildman–Crippen MR) is 68.1 cm³/mol. The Bertz CT molecular complexity index is 421. The molecule has 2 unspecified atom stereocenters. The van der Waals surface area contributed by atoms with Crippen LogP contribution in [-0.2, 0) is 4.74 Å². The van der Waals surface area contributed by atoms with Gasteiger partial charge in [-0.1, -0.05) is 13.8 Å². The molecule has 4 N–H and O–H groups in total. The van der Waals surface area contributed by atoms with Crippen molar-refractivity contribution in [2.45, 2.75) is 26.2 Å². The molecule has 0 radical (unpaired) electrons. The number of aromatic nitrogens is 2. The van der Waals surface area contributed by atoms with Gasteiger partial charge in [-0.05, 0) is 6.07 Å². The van der Waals surface area contributed by atoms with Crippen molar-refractivity contribution >= 4 is 5.82 Å². The minimum absolute atomic E-state index is 0.0827. The van der Waals surface area contributed by atoms with E-state index in [2.05, 4.69) is 10.3 Å². The Labute approximate surface area is 106 Å². The number of nitrogen functional groups attached to an aromatic ring is 1. The third-order valence-corrected chi connectivity index (χ3v) is 2.41. The van der Waals surface area contributed by atoms with E-state index in [0.29, 0.717) is 13.1 Å². The predicted octanol–water partition coefficient (Wildman–Crippen LogP) is -0.669. The molecule has 1 aromatic heterocycles. The highest BCUT2D eigenvalue weighted by Gasteiger charge is 2.23. The van der Waals surface area contributed by atoms with Crippen molar-refractivity contribution in [3.63, 3.8) is 0 Å². The number of aliphatic hydroxyl groups is 1. The lowest BCUT2D eigenvalue weighted by Gasteiger charge is -2.30. The molecular formula is C11H20N4O3. The van der Waals surface area contributed by atoms with Crippen molar-refractivity contribution in [2.24, 2.45) is 0 Å². The van der Waals surface area contributed by atoms with Crippen LogP contribution in [0.2, 0.25) is 0 Å². The Morgan fingerprint density at radius 1 is 1.61 bits per heavy atom. The summed E-state index contributed by atoms with van der Waals surface area (Å²) in [6, 6.07) is 1.54. The van der Waals surface area contributed by atoms with E-state index in [1.807, 2.05) is 13.8 Å². The molecular weight excluding hydrogens is 236 g/mol. The van der Waals surface area contributed by atoms with E-state index < -0.39 is 11.9 Å². The summed E-state index contributed by atoms with van der Waals surface area (Å²) in [5.41, 5.74) is 4.94. The number of morpholine rings is 1. The van der Waals surface area contributed by atoms with Gasteiger partial charge in [-0.2, -0.15) is 4.98 Å². The lowest BCUT2D eigenvalue weighted by Crippen LogP contribution is -2.46. The molecule has 2 heterocycles. The lowest BCUT2D eigenvalue weighted by molar-refractivity contribution is -0.0967. The summed E-state index contributed by atoms with van der Waals surface area (Å²) in [5.74, 6) is 0.184. The summed E-state index contributed by atoms with van der Waals surface area (Å²) < 4.78 is 6.86. The van der Waals surface area contributed by atoms with Gasteiger partial charge in [0.2, 0.25) is 0 Å². The van der Waals surface area contributed by atoms with Crippen LogP contribution in [0.1, 0.15) is 20.1 Å². The highest BCUT2D eigenvalue weighted by molar-refractivity contribution is 5.23. The van der Waals surface area contributed by atoms with E-state index >= 15 is 0 Å². The normalized spacial score (nSPS) is 23.1. The summed E-state index contributed by atoms with van der Waals surface area (Å²) >= 11 is 0. The molecule has 0 aromatic carbocycles. The molecule has 1 saturated heterocycles. The number of hydrogen-bond acceptors (Lipinski definition) is 6. The molecule has 1 aromatic rings. The monoisotopic (exact) mass is 256 g/mol. The number of nitrogens with zero attached hydrogens (tertiary/aromatic N) is 2.